The number of hydrogen-bond donors (Lipinski definition) is 0. The van der Waals surface area contributed by atoms with Crippen LogP contribution in [-0.4, -0.2) is 11.8 Å². The highest BCUT2D eigenvalue weighted by atomic mass is 16.2. The summed E-state index contributed by atoms with van der Waals surface area (Å²) < 4.78 is 0. The molecule has 4 rings (SSSR count). The van der Waals surface area contributed by atoms with E-state index < -0.39 is 0 Å². The maximum Gasteiger partial charge on any atom is 0.279 e. The highest BCUT2D eigenvalue weighted by Crippen LogP contribution is 2.20. The van der Waals surface area contributed by atoms with Crippen LogP contribution < -0.4 is 21.2 Å². The SMILES string of the molecule is CCCCC(CC)Cc1cccc2c1=C(C1=c3ccccc3=NC1=O)C(=O)N=2. The van der Waals surface area contributed by atoms with E-state index in [9.17, 15) is 9.59 Å². The molecular formula is C24H24N2O2. The van der Waals surface area contributed by atoms with E-state index >= 15 is 0 Å². The molecule has 0 aliphatic carbocycles. The van der Waals surface area contributed by atoms with Gasteiger partial charge >= 0.3 is 0 Å². The summed E-state index contributed by atoms with van der Waals surface area (Å²) in [5.41, 5.74) is 1.93. The van der Waals surface area contributed by atoms with Crippen LogP contribution >= 0.6 is 0 Å². The highest BCUT2D eigenvalue weighted by molar-refractivity contribution is 6.43. The number of amides is 2. The van der Waals surface area contributed by atoms with Crippen LogP contribution in [0.4, 0.5) is 0 Å². The third kappa shape index (κ3) is 3.13. The van der Waals surface area contributed by atoms with Crippen molar-refractivity contribution in [3.05, 3.63) is 69.2 Å². The highest BCUT2D eigenvalue weighted by Gasteiger charge is 2.29. The summed E-state index contributed by atoms with van der Waals surface area (Å²) in [6.07, 6.45) is 5.55. The van der Waals surface area contributed by atoms with Crippen LogP contribution in [-0.2, 0) is 16.0 Å². The molecule has 0 N–H and O–H groups in total. The minimum absolute atomic E-state index is 0.334. The Balaban J connectivity index is 1.94. The molecule has 0 fully saturated rings. The van der Waals surface area contributed by atoms with E-state index in [1.165, 1.54) is 19.3 Å². The van der Waals surface area contributed by atoms with Gasteiger partial charge in [0.15, 0.2) is 0 Å². The molecule has 2 amide bonds. The maximum absolute atomic E-state index is 12.8. The van der Waals surface area contributed by atoms with E-state index in [1.54, 1.807) is 0 Å². The van der Waals surface area contributed by atoms with E-state index in [2.05, 4.69) is 29.9 Å². The minimum Gasteiger partial charge on any atom is -0.267 e. The molecule has 28 heavy (non-hydrogen) atoms. The summed E-state index contributed by atoms with van der Waals surface area (Å²) in [6, 6.07) is 13.3. The second-order valence-electron chi connectivity index (χ2n) is 7.53. The molecule has 0 saturated carbocycles. The number of para-hydroxylation sites is 1. The van der Waals surface area contributed by atoms with Gasteiger partial charge in [0, 0.05) is 10.4 Å². The monoisotopic (exact) mass is 372 g/mol. The predicted molar refractivity (Wildman–Crippen MR) is 108 cm³/mol. The molecule has 0 bridgehead atoms. The van der Waals surface area contributed by atoms with Gasteiger partial charge in [0.1, 0.15) is 0 Å². The molecule has 0 saturated heterocycles. The Bertz CT molecular complexity index is 1210. The van der Waals surface area contributed by atoms with Crippen LogP contribution in [0.15, 0.2) is 52.4 Å². The van der Waals surface area contributed by atoms with E-state index in [0.29, 0.717) is 27.8 Å². The number of rotatable bonds is 7. The Morgan fingerprint density at radius 1 is 0.857 bits per heavy atom. The average molecular weight is 372 g/mol. The molecule has 4 nitrogen and oxygen atoms in total. The molecule has 0 radical (unpaired) electrons. The largest absolute Gasteiger partial charge is 0.279 e. The summed E-state index contributed by atoms with van der Waals surface area (Å²) in [7, 11) is 0. The van der Waals surface area contributed by atoms with Crippen LogP contribution in [0, 0.1) is 5.92 Å². The van der Waals surface area contributed by atoms with E-state index in [0.717, 1.165) is 28.8 Å². The Hall–Kier alpha value is -2.88. The van der Waals surface area contributed by atoms with Gasteiger partial charge in [-0.15, -0.1) is 0 Å². The van der Waals surface area contributed by atoms with Crippen LogP contribution in [0.25, 0.3) is 11.1 Å². The van der Waals surface area contributed by atoms with Gasteiger partial charge in [-0.25, -0.2) is 9.98 Å². The van der Waals surface area contributed by atoms with Crippen molar-refractivity contribution in [1.82, 2.24) is 0 Å². The van der Waals surface area contributed by atoms with E-state index in [1.807, 2.05) is 36.4 Å². The lowest BCUT2D eigenvalue weighted by atomic mass is 9.89. The smallest absolute Gasteiger partial charge is 0.267 e. The summed E-state index contributed by atoms with van der Waals surface area (Å²) >= 11 is 0. The van der Waals surface area contributed by atoms with Crippen LogP contribution in [0.1, 0.15) is 45.1 Å². The first-order valence-electron chi connectivity index (χ1n) is 10.1. The summed E-state index contributed by atoms with van der Waals surface area (Å²) in [5, 5.41) is 2.86. The molecule has 1 unspecified atom stereocenters. The molecule has 1 atom stereocenters. The topological polar surface area (TPSA) is 58.9 Å². The van der Waals surface area contributed by atoms with Crippen molar-refractivity contribution in [2.24, 2.45) is 15.9 Å². The number of fused-ring (bicyclic) bond motifs is 2. The Morgan fingerprint density at radius 3 is 2.36 bits per heavy atom. The number of benzene rings is 2. The van der Waals surface area contributed by atoms with Gasteiger partial charge in [-0.3, -0.25) is 9.59 Å². The molecule has 2 aliphatic rings. The van der Waals surface area contributed by atoms with Crippen molar-refractivity contribution < 1.29 is 9.59 Å². The third-order valence-corrected chi connectivity index (χ3v) is 5.73. The standard InChI is InChI=1S/C24H24N2O2/c1-3-5-9-15(4-2)14-16-10-8-13-19-20(16)22(24(28)26-19)21-17-11-6-7-12-18(17)25-23(21)27/h6-8,10-13,15H,3-5,9,14H2,1-2H3. The first-order valence-corrected chi connectivity index (χ1v) is 10.1. The normalized spacial score (nSPS) is 15.9. The molecule has 2 aromatic rings. The van der Waals surface area contributed by atoms with E-state index in [4.69, 9.17) is 0 Å². The molecule has 2 aromatic carbocycles. The molecule has 2 aliphatic heterocycles. The summed E-state index contributed by atoms with van der Waals surface area (Å²) in [5.74, 6) is -0.121. The molecule has 4 heteroatoms. The zero-order chi connectivity index (χ0) is 19.7. The van der Waals surface area contributed by atoms with Crippen molar-refractivity contribution in [1.29, 1.82) is 0 Å². The second kappa shape index (κ2) is 7.63. The van der Waals surface area contributed by atoms with Crippen LogP contribution in [0.5, 0.6) is 0 Å². The number of nitrogens with zero attached hydrogens (tertiary/aromatic N) is 2. The zero-order valence-corrected chi connectivity index (χ0v) is 16.4. The predicted octanol–water partition coefficient (Wildman–Crippen LogP) is 1.77. The second-order valence-corrected chi connectivity index (χ2v) is 7.53. The van der Waals surface area contributed by atoms with E-state index in [-0.39, 0.29) is 11.8 Å². The summed E-state index contributed by atoms with van der Waals surface area (Å²) in [4.78, 5) is 33.9. The van der Waals surface area contributed by atoms with Crippen LogP contribution in [0.2, 0.25) is 0 Å². The first-order chi connectivity index (χ1) is 13.6. The van der Waals surface area contributed by atoms with Gasteiger partial charge in [-0.2, -0.15) is 0 Å². The van der Waals surface area contributed by atoms with Crippen LogP contribution in [0.3, 0.4) is 0 Å². The zero-order valence-electron chi connectivity index (χ0n) is 16.4. The van der Waals surface area contributed by atoms with Crippen molar-refractivity contribution >= 4 is 23.0 Å². The van der Waals surface area contributed by atoms with Gasteiger partial charge in [0.2, 0.25) is 0 Å². The van der Waals surface area contributed by atoms with Gasteiger partial charge < -0.3 is 0 Å². The van der Waals surface area contributed by atoms with Crippen molar-refractivity contribution in [2.45, 2.75) is 46.0 Å². The molecule has 0 aromatic heterocycles. The van der Waals surface area contributed by atoms with Gasteiger partial charge in [0.25, 0.3) is 11.8 Å². The number of carbonyl (C=O) groups excluding carboxylic acids is 2. The van der Waals surface area contributed by atoms with Crippen molar-refractivity contribution in [2.75, 3.05) is 0 Å². The van der Waals surface area contributed by atoms with Crippen molar-refractivity contribution in [3.63, 3.8) is 0 Å². The summed E-state index contributed by atoms with van der Waals surface area (Å²) in [6.45, 7) is 4.42. The quantitative estimate of drug-likeness (QED) is 0.744. The number of carbonyl (C=O) groups is 2. The number of unbranched alkanes of at least 4 members (excludes halogenated alkanes) is 1. The Kier molecular flexibility index (Phi) is 5.03. The lowest BCUT2D eigenvalue weighted by Gasteiger charge is -2.15. The van der Waals surface area contributed by atoms with Crippen molar-refractivity contribution in [3.8, 4) is 0 Å². The fraction of sp³-hybridized carbons (Fsp3) is 0.333. The Morgan fingerprint density at radius 2 is 1.57 bits per heavy atom. The lowest BCUT2D eigenvalue weighted by Crippen LogP contribution is -2.31. The van der Waals surface area contributed by atoms with Gasteiger partial charge in [-0.1, -0.05) is 69.9 Å². The fourth-order valence-electron chi connectivity index (χ4n) is 4.20. The first kappa shape index (κ1) is 18.5. The molecule has 142 valence electrons. The van der Waals surface area contributed by atoms with Gasteiger partial charge in [-0.05, 0) is 30.0 Å². The Labute approximate surface area is 164 Å². The maximum atomic E-state index is 12.8. The number of hydrogen-bond acceptors (Lipinski definition) is 2. The molecule has 2 heterocycles. The molecule has 0 spiro atoms. The minimum atomic E-state index is -0.347. The molecular weight excluding hydrogens is 348 g/mol. The fourth-order valence-corrected chi connectivity index (χ4v) is 4.20. The van der Waals surface area contributed by atoms with Gasteiger partial charge in [0.05, 0.1) is 21.9 Å². The lowest BCUT2D eigenvalue weighted by molar-refractivity contribution is -0.114. The average Bonchev–Trinajstić information content (AvgIpc) is 3.20. The third-order valence-electron chi connectivity index (χ3n) is 5.73.